The van der Waals surface area contributed by atoms with E-state index in [2.05, 4.69) is 15.0 Å². The van der Waals surface area contributed by atoms with Crippen LogP contribution in [0, 0.1) is 5.82 Å². The molecular weight excluding hydrogens is 397 g/mol. The fourth-order valence-electron chi connectivity index (χ4n) is 2.45. The molecule has 5 nitrogen and oxygen atoms in total. The second kappa shape index (κ2) is 10.1. The molecule has 3 rings (SSSR count). The number of nitrogens with one attached hydrogen (secondary N) is 1. The molecule has 0 aliphatic carbocycles. The zero-order chi connectivity index (χ0) is 21.3. The van der Waals surface area contributed by atoms with E-state index in [9.17, 15) is 18.0 Å². The molecule has 1 heterocycles. The van der Waals surface area contributed by atoms with E-state index in [-0.39, 0.29) is 24.0 Å². The third-order valence-corrected chi connectivity index (χ3v) is 3.86. The quantitative estimate of drug-likeness (QED) is 0.530. The van der Waals surface area contributed by atoms with Crippen LogP contribution in [0.15, 0.2) is 73.1 Å². The zero-order valence-electron chi connectivity index (χ0n) is 15.6. The largest absolute Gasteiger partial charge is 0.453 e. The maximum atomic E-state index is 14.2. The number of carbonyl (C=O) groups excluding carboxylic acids is 1. The molecule has 30 heavy (non-hydrogen) atoms. The van der Waals surface area contributed by atoms with E-state index in [1.165, 1.54) is 42.6 Å². The number of halogens is 3. The van der Waals surface area contributed by atoms with E-state index in [1.54, 1.807) is 36.5 Å². The van der Waals surface area contributed by atoms with E-state index in [1.807, 2.05) is 0 Å². The minimum Gasteiger partial charge on any atom is -0.453 e. The van der Waals surface area contributed by atoms with Crippen LogP contribution in [-0.2, 0) is 11.3 Å². The number of benzene rings is 2. The lowest BCUT2D eigenvalue weighted by atomic mass is 10.2. The van der Waals surface area contributed by atoms with Gasteiger partial charge in [-0.05, 0) is 53.6 Å². The third-order valence-electron chi connectivity index (χ3n) is 3.86. The first-order chi connectivity index (χ1) is 14.5. The summed E-state index contributed by atoms with van der Waals surface area (Å²) >= 11 is 0. The molecule has 0 radical (unpaired) electrons. The van der Waals surface area contributed by atoms with E-state index in [4.69, 9.17) is 4.74 Å². The normalized spacial score (nSPS) is 10.9. The second-order valence-electron chi connectivity index (χ2n) is 6.05. The number of nitrogens with zero attached hydrogens (tertiary/aromatic N) is 1. The summed E-state index contributed by atoms with van der Waals surface area (Å²) in [4.78, 5) is 15.8. The molecule has 0 saturated heterocycles. The molecule has 0 aliphatic heterocycles. The Morgan fingerprint density at radius 3 is 2.57 bits per heavy atom. The Hall–Kier alpha value is -3.81. The number of aromatic nitrogens is 1. The number of hydrogen-bond donors (Lipinski definition) is 1. The Labute approximate surface area is 170 Å². The lowest BCUT2D eigenvalue weighted by molar-refractivity contribution is -0.116. The van der Waals surface area contributed by atoms with Crippen molar-refractivity contribution >= 4 is 12.0 Å². The minimum absolute atomic E-state index is 0.0398. The SMILES string of the molecule is O=C(/C=C/c1ccc(Oc2cccnc2)c(F)c1)NCc1ccc(OC(F)F)cc1. The smallest absolute Gasteiger partial charge is 0.387 e. The van der Waals surface area contributed by atoms with Crippen molar-refractivity contribution in [3.63, 3.8) is 0 Å². The molecule has 0 spiro atoms. The van der Waals surface area contributed by atoms with Gasteiger partial charge in [-0.3, -0.25) is 9.78 Å². The summed E-state index contributed by atoms with van der Waals surface area (Å²) in [7, 11) is 0. The molecule has 0 atom stereocenters. The summed E-state index contributed by atoms with van der Waals surface area (Å²) in [6, 6.07) is 13.6. The van der Waals surface area contributed by atoms with Gasteiger partial charge in [-0.15, -0.1) is 0 Å². The highest BCUT2D eigenvalue weighted by atomic mass is 19.3. The highest BCUT2D eigenvalue weighted by Gasteiger charge is 2.06. The molecule has 0 unspecified atom stereocenters. The summed E-state index contributed by atoms with van der Waals surface area (Å²) in [5.41, 5.74) is 1.19. The topological polar surface area (TPSA) is 60.5 Å². The molecule has 1 N–H and O–H groups in total. The molecule has 1 aromatic heterocycles. The van der Waals surface area contributed by atoms with E-state index in [0.29, 0.717) is 16.9 Å². The molecule has 0 bridgehead atoms. The van der Waals surface area contributed by atoms with Gasteiger partial charge >= 0.3 is 6.61 Å². The van der Waals surface area contributed by atoms with Crippen LogP contribution in [0.4, 0.5) is 13.2 Å². The van der Waals surface area contributed by atoms with Crippen molar-refractivity contribution in [3.05, 3.63) is 90.0 Å². The summed E-state index contributed by atoms with van der Waals surface area (Å²) in [6.07, 6.45) is 5.78. The molecule has 0 fully saturated rings. The van der Waals surface area contributed by atoms with Crippen molar-refractivity contribution in [1.82, 2.24) is 10.3 Å². The summed E-state index contributed by atoms with van der Waals surface area (Å²) in [6.45, 7) is -2.69. The average Bonchev–Trinajstić information content (AvgIpc) is 2.74. The van der Waals surface area contributed by atoms with Crippen molar-refractivity contribution in [2.24, 2.45) is 0 Å². The fourth-order valence-corrected chi connectivity index (χ4v) is 2.45. The van der Waals surface area contributed by atoms with Gasteiger partial charge in [-0.2, -0.15) is 8.78 Å². The Morgan fingerprint density at radius 2 is 1.90 bits per heavy atom. The minimum atomic E-state index is -2.89. The molecule has 8 heteroatoms. The first kappa shape index (κ1) is 20.9. The number of ether oxygens (including phenoxy) is 2. The highest BCUT2D eigenvalue weighted by molar-refractivity contribution is 5.91. The van der Waals surface area contributed by atoms with Gasteiger partial charge in [-0.25, -0.2) is 4.39 Å². The van der Waals surface area contributed by atoms with E-state index < -0.39 is 12.4 Å². The maximum absolute atomic E-state index is 14.2. The number of amides is 1. The van der Waals surface area contributed by atoms with Crippen molar-refractivity contribution in [1.29, 1.82) is 0 Å². The van der Waals surface area contributed by atoms with Gasteiger partial charge in [0.25, 0.3) is 0 Å². The Kier molecular flexibility index (Phi) is 7.05. The zero-order valence-corrected chi connectivity index (χ0v) is 15.6. The Bertz CT molecular complexity index is 1010. The number of alkyl halides is 2. The number of rotatable bonds is 8. The number of pyridine rings is 1. The fraction of sp³-hybridized carbons (Fsp3) is 0.0909. The molecule has 154 valence electrons. The summed E-state index contributed by atoms with van der Waals surface area (Å²) in [5, 5.41) is 2.65. The van der Waals surface area contributed by atoms with Gasteiger partial charge < -0.3 is 14.8 Å². The van der Waals surface area contributed by atoms with Crippen LogP contribution < -0.4 is 14.8 Å². The summed E-state index contributed by atoms with van der Waals surface area (Å²) in [5.74, 6) is -0.471. The highest BCUT2D eigenvalue weighted by Crippen LogP contribution is 2.24. The van der Waals surface area contributed by atoms with Crippen LogP contribution >= 0.6 is 0 Å². The molecule has 0 aliphatic rings. The predicted octanol–water partition coefficient (Wildman–Crippen LogP) is 4.94. The van der Waals surface area contributed by atoms with Crippen molar-refractivity contribution in [2.75, 3.05) is 0 Å². The lowest BCUT2D eigenvalue weighted by Crippen LogP contribution is -2.20. The number of carbonyl (C=O) groups is 1. The Morgan fingerprint density at radius 1 is 1.10 bits per heavy atom. The molecule has 3 aromatic rings. The number of hydrogen-bond acceptors (Lipinski definition) is 4. The van der Waals surface area contributed by atoms with Crippen LogP contribution in [0.2, 0.25) is 0 Å². The van der Waals surface area contributed by atoms with Crippen molar-refractivity contribution in [3.8, 4) is 17.2 Å². The lowest BCUT2D eigenvalue weighted by Gasteiger charge is -2.07. The maximum Gasteiger partial charge on any atom is 0.387 e. The molecule has 0 saturated carbocycles. The van der Waals surface area contributed by atoms with Crippen LogP contribution in [0.5, 0.6) is 17.2 Å². The first-order valence-corrected chi connectivity index (χ1v) is 8.87. The van der Waals surface area contributed by atoms with Crippen LogP contribution in [0.25, 0.3) is 6.08 Å². The first-order valence-electron chi connectivity index (χ1n) is 8.87. The average molecular weight is 414 g/mol. The molecule has 1 amide bonds. The van der Waals surface area contributed by atoms with Gasteiger partial charge in [0.1, 0.15) is 11.5 Å². The monoisotopic (exact) mass is 414 g/mol. The third kappa shape index (κ3) is 6.37. The van der Waals surface area contributed by atoms with Gasteiger partial charge in [0.05, 0.1) is 6.20 Å². The second-order valence-corrected chi connectivity index (χ2v) is 6.05. The van der Waals surface area contributed by atoms with Crippen LogP contribution in [0.1, 0.15) is 11.1 Å². The molecule has 2 aromatic carbocycles. The van der Waals surface area contributed by atoms with Gasteiger partial charge in [-0.1, -0.05) is 18.2 Å². The molecular formula is C22H17F3N2O3. The van der Waals surface area contributed by atoms with Crippen molar-refractivity contribution < 1.29 is 27.4 Å². The predicted molar refractivity (Wildman–Crippen MR) is 105 cm³/mol. The van der Waals surface area contributed by atoms with Crippen LogP contribution in [-0.4, -0.2) is 17.5 Å². The van der Waals surface area contributed by atoms with Crippen LogP contribution in [0.3, 0.4) is 0 Å². The van der Waals surface area contributed by atoms with E-state index in [0.717, 1.165) is 0 Å². The standard InChI is InChI=1S/C22H17F3N2O3/c23-19-12-15(5-9-20(19)29-18-2-1-11-26-14-18)6-10-21(28)27-13-16-3-7-17(8-4-16)30-22(24)25/h1-12,14,22H,13H2,(H,27,28)/b10-6+. The van der Waals surface area contributed by atoms with Gasteiger partial charge in [0, 0.05) is 18.8 Å². The Balaban J connectivity index is 1.52. The van der Waals surface area contributed by atoms with Crippen molar-refractivity contribution in [2.45, 2.75) is 13.2 Å². The summed E-state index contributed by atoms with van der Waals surface area (Å²) < 4.78 is 48.1. The van der Waals surface area contributed by atoms with E-state index >= 15 is 0 Å². The van der Waals surface area contributed by atoms with Gasteiger partial charge in [0.15, 0.2) is 11.6 Å². The van der Waals surface area contributed by atoms with Gasteiger partial charge in [0.2, 0.25) is 5.91 Å².